The molecular weight excluding hydrogens is 440 g/mol. The summed E-state index contributed by atoms with van der Waals surface area (Å²) >= 11 is 1.70. The molecule has 34 heavy (non-hydrogen) atoms. The molecule has 3 aromatic rings. The van der Waals surface area contributed by atoms with Gasteiger partial charge in [-0.15, -0.1) is 11.3 Å². The Morgan fingerprint density at radius 3 is 2.21 bits per heavy atom. The van der Waals surface area contributed by atoms with E-state index in [1.54, 1.807) is 22.3 Å². The standard InChI is InChI=1S/C29H34N2O2S/c1-4-23(2)19-30(28(32)18-16-25-11-7-5-8-12-25)22-29(33)31(20-26-13-9-6-10-14-26)21-27-17-15-24(3)34-27/h5-18,23H,4,19-22H2,1-3H3. The van der Waals surface area contributed by atoms with Gasteiger partial charge in [0.25, 0.3) is 0 Å². The van der Waals surface area contributed by atoms with Crippen LogP contribution in [0.25, 0.3) is 6.08 Å². The molecule has 0 saturated heterocycles. The summed E-state index contributed by atoms with van der Waals surface area (Å²) in [7, 11) is 0. The molecule has 0 saturated carbocycles. The smallest absolute Gasteiger partial charge is 0.247 e. The molecule has 0 radical (unpaired) electrons. The Morgan fingerprint density at radius 1 is 0.912 bits per heavy atom. The minimum absolute atomic E-state index is 0.0420. The van der Waals surface area contributed by atoms with Gasteiger partial charge in [0.05, 0.1) is 6.54 Å². The third-order valence-electron chi connectivity index (χ3n) is 5.80. The maximum absolute atomic E-state index is 13.5. The number of carbonyl (C=O) groups is 2. The lowest BCUT2D eigenvalue weighted by atomic mass is 10.1. The fourth-order valence-electron chi connectivity index (χ4n) is 3.63. The van der Waals surface area contributed by atoms with Gasteiger partial charge < -0.3 is 9.80 Å². The molecule has 1 unspecified atom stereocenters. The summed E-state index contributed by atoms with van der Waals surface area (Å²) in [6.45, 7) is 7.97. The summed E-state index contributed by atoms with van der Waals surface area (Å²) in [5.41, 5.74) is 2.04. The van der Waals surface area contributed by atoms with Crippen LogP contribution in [0.3, 0.4) is 0 Å². The molecule has 0 fully saturated rings. The van der Waals surface area contributed by atoms with Crippen molar-refractivity contribution in [1.29, 1.82) is 0 Å². The quantitative estimate of drug-likeness (QED) is 0.312. The predicted molar refractivity (Wildman–Crippen MR) is 141 cm³/mol. The number of hydrogen-bond acceptors (Lipinski definition) is 3. The number of rotatable bonds is 11. The van der Waals surface area contributed by atoms with E-state index >= 15 is 0 Å². The van der Waals surface area contributed by atoms with Crippen LogP contribution in [0.2, 0.25) is 0 Å². The van der Waals surface area contributed by atoms with E-state index in [-0.39, 0.29) is 18.4 Å². The highest BCUT2D eigenvalue weighted by Crippen LogP contribution is 2.19. The van der Waals surface area contributed by atoms with Crippen LogP contribution in [-0.4, -0.2) is 34.7 Å². The van der Waals surface area contributed by atoms with E-state index in [1.165, 1.54) is 4.88 Å². The Hall–Kier alpha value is -3.18. The lowest BCUT2D eigenvalue weighted by Gasteiger charge is -2.28. The van der Waals surface area contributed by atoms with Crippen molar-refractivity contribution in [2.45, 2.75) is 40.3 Å². The largest absolute Gasteiger partial charge is 0.332 e. The average Bonchev–Trinajstić information content (AvgIpc) is 3.27. The second kappa shape index (κ2) is 12.9. The van der Waals surface area contributed by atoms with Crippen LogP contribution >= 0.6 is 11.3 Å². The maximum Gasteiger partial charge on any atom is 0.247 e. The second-order valence-electron chi connectivity index (χ2n) is 8.72. The SMILES string of the molecule is CCC(C)CN(CC(=O)N(Cc1ccccc1)Cc1ccc(C)s1)C(=O)C=Cc1ccccc1. The topological polar surface area (TPSA) is 40.6 Å². The number of carbonyl (C=O) groups excluding carboxylic acids is 2. The van der Waals surface area contributed by atoms with Crippen LogP contribution in [0, 0.1) is 12.8 Å². The number of nitrogens with zero attached hydrogens (tertiary/aromatic N) is 2. The van der Waals surface area contributed by atoms with Crippen LogP contribution in [-0.2, 0) is 22.7 Å². The Labute approximate surface area is 207 Å². The van der Waals surface area contributed by atoms with Crippen molar-refractivity contribution in [1.82, 2.24) is 9.80 Å². The van der Waals surface area contributed by atoms with Gasteiger partial charge in [-0.3, -0.25) is 9.59 Å². The monoisotopic (exact) mass is 474 g/mol. The number of aryl methyl sites for hydroxylation is 1. The lowest BCUT2D eigenvalue weighted by Crippen LogP contribution is -2.43. The van der Waals surface area contributed by atoms with E-state index in [2.05, 4.69) is 32.9 Å². The minimum Gasteiger partial charge on any atom is -0.332 e. The zero-order valence-electron chi connectivity index (χ0n) is 20.3. The fourth-order valence-corrected chi connectivity index (χ4v) is 4.54. The molecule has 1 atom stereocenters. The van der Waals surface area contributed by atoms with Gasteiger partial charge in [-0.25, -0.2) is 0 Å². The summed E-state index contributed by atoms with van der Waals surface area (Å²) in [4.78, 5) is 32.6. The lowest BCUT2D eigenvalue weighted by molar-refractivity contribution is -0.139. The average molecular weight is 475 g/mol. The first-order chi connectivity index (χ1) is 16.4. The van der Waals surface area contributed by atoms with Crippen LogP contribution in [0.5, 0.6) is 0 Å². The highest BCUT2D eigenvalue weighted by atomic mass is 32.1. The summed E-state index contributed by atoms with van der Waals surface area (Å²) < 4.78 is 0. The summed E-state index contributed by atoms with van der Waals surface area (Å²) in [6.07, 6.45) is 4.34. The van der Waals surface area contributed by atoms with Crippen molar-refractivity contribution in [3.05, 3.63) is 99.8 Å². The van der Waals surface area contributed by atoms with Gasteiger partial charge in [-0.1, -0.05) is 80.9 Å². The van der Waals surface area contributed by atoms with Crippen LogP contribution in [0.4, 0.5) is 0 Å². The number of hydrogen-bond donors (Lipinski definition) is 0. The van der Waals surface area contributed by atoms with Gasteiger partial charge in [-0.2, -0.15) is 0 Å². The third kappa shape index (κ3) is 7.99. The molecular formula is C29H34N2O2S. The van der Waals surface area contributed by atoms with Crippen molar-refractivity contribution in [3.8, 4) is 0 Å². The molecule has 0 aliphatic rings. The van der Waals surface area contributed by atoms with Gasteiger partial charge >= 0.3 is 0 Å². The molecule has 1 heterocycles. The van der Waals surface area contributed by atoms with Gasteiger partial charge in [0.15, 0.2) is 0 Å². The molecule has 3 rings (SSSR count). The summed E-state index contributed by atoms with van der Waals surface area (Å²) in [5.74, 6) is 0.133. The van der Waals surface area contributed by atoms with E-state index in [0.29, 0.717) is 25.6 Å². The molecule has 2 amide bonds. The van der Waals surface area contributed by atoms with E-state index in [4.69, 9.17) is 0 Å². The predicted octanol–water partition coefficient (Wildman–Crippen LogP) is 6.17. The number of thiophene rings is 1. The van der Waals surface area contributed by atoms with Crippen molar-refractivity contribution in [3.63, 3.8) is 0 Å². The zero-order chi connectivity index (χ0) is 24.3. The molecule has 0 aliphatic heterocycles. The Morgan fingerprint density at radius 2 is 1.59 bits per heavy atom. The zero-order valence-corrected chi connectivity index (χ0v) is 21.1. The van der Waals surface area contributed by atoms with Crippen molar-refractivity contribution >= 4 is 29.2 Å². The maximum atomic E-state index is 13.5. The van der Waals surface area contributed by atoms with Crippen LogP contribution in [0.1, 0.15) is 41.1 Å². The number of benzene rings is 2. The molecule has 1 aromatic heterocycles. The van der Waals surface area contributed by atoms with Gasteiger partial charge in [0.2, 0.25) is 11.8 Å². The normalized spacial score (nSPS) is 12.0. The van der Waals surface area contributed by atoms with Crippen LogP contribution < -0.4 is 0 Å². The summed E-state index contributed by atoms with van der Waals surface area (Å²) in [5, 5.41) is 0. The molecule has 0 bridgehead atoms. The first kappa shape index (κ1) is 25.4. The van der Waals surface area contributed by atoms with E-state index in [9.17, 15) is 9.59 Å². The first-order valence-electron chi connectivity index (χ1n) is 11.8. The Balaban J connectivity index is 1.77. The minimum atomic E-state index is -0.135. The van der Waals surface area contributed by atoms with E-state index in [0.717, 1.165) is 22.4 Å². The molecule has 0 spiro atoms. The van der Waals surface area contributed by atoms with Crippen molar-refractivity contribution < 1.29 is 9.59 Å². The van der Waals surface area contributed by atoms with E-state index in [1.807, 2.05) is 71.6 Å². The first-order valence-corrected chi connectivity index (χ1v) is 12.6. The van der Waals surface area contributed by atoms with Gasteiger partial charge in [0.1, 0.15) is 6.54 Å². The number of amides is 2. The molecule has 4 nitrogen and oxygen atoms in total. The van der Waals surface area contributed by atoms with Crippen LogP contribution in [0.15, 0.2) is 78.9 Å². The molecule has 0 aliphatic carbocycles. The highest BCUT2D eigenvalue weighted by molar-refractivity contribution is 7.11. The fraction of sp³-hybridized carbons (Fsp3) is 0.310. The molecule has 5 heteroatoms. The van der Waals surface area contributed by atoms with E-state index < -0.39 is 0 Å². The molecule has 0 N–H and O–H groups in total. The summed E-state index contributed by atoms with van der Waals surface area (Å²) in [6, 6.07) is 23.9. The van der Waals surface area contributed by atoms with Gasteiger partial charge in [0, 0.05) is 28.9 Å². The Kier molecular flexibility index (Phi) is 9.65. The third-order valence-corrected chi connectivity index (χ3v) is 6.78. The molecule has 2 aromatic carbocycles. The van der Waals surface area contributed by atoms with Crippen molar-refractivity contribution in [2.24, 2.45) is 5.92 Å². The van der Waals surface area contributed by atoms with Crippen molar-refractivity contribution in [2.75, 3.05) is 13.1 Å². The Bertz CT molecular complexity index is 1080. The van der Waals surface area contributed by atoms with Gasteiger partial charge in [-0.05, 0) is 42.2 Å². The second-order valence-corrected chi connectivity index (χ2v) is 10.1. The molecule has 178 valence electrons. The highest BCUT2D eigenvalue weighted by Gasteiger charge is 2.22.